The Morgan fingerprint density at radius 3 is 2.50 bits per heavy atom. The van der Waals surface area contributed by atoms with E-state index in [1.165, 1.54) is 36.9 Å². The smallest absolute Gasteiger partial charge is 0.0412 e. The Hall–Kier alpha value is -0.540. The number of nitrogens with zero attached hydrogens (tertiary/aromatic N) is 1. The van der Waals surface area contributed by atoms with Crippen molar-refractivity contribution in [3.63, 3.8) is 0 Å². The Labute approximate surface area is 132 Å². The second-order valence-electron chi connectivity index (χ2n) is 6.93. The molecule has 0 aliphatic heterocycles. The number of rotatable bonds is 4. The van der Waals surface area contributed by atoms with Crippen molar-refractivity contribution >= 4 is 21.6 Å². The van der Waals surface area contributed by atoms with Crippen molar-refractivity contribution in [1.82, 2.24) is 5.32 Å². The number of nitrogens with one attached hydrogen (secondary N) is 1. The minimum atomic E-state index is 0.144. The number of hydrogen-bond acceptors (Lipinski definition) is 2. The average Bonchev–Trinajstić information content (AvgIpc) is 2.88. The van der Waals surface area contributed by atoms with Crippen molar-refractivity contribution in [3.8, 4) is 0 Å². The summed E-state index contributed by atoms with van der Waals surface area (Å²) in [6.07, 6.45) is 5.42. The molecule has 0 saturated heterocycles. The van der Waals surface area contributed by atoms with Crippen LogP contribution in [-0.4, -0.2) is 18.6 Å². The highest BCUT2D eigenvalue weighted by Gasteiger charge is 2.22. The zero-order chi connectivity index (χ0) is 14.8. The maximum Gasteiger partial charge on any atom is 0.0412 e. The summed E-state index contributed by atoms with van der Waals surface area (Å²) >= 11 is 3.60. The van der Waals surface area contributed by atoms with Crippen molar-refractivity contribution in [1.29, 1.82) is 0 Å². The fourth-order valence-electron chi connectivity index (χ4n) is 2.89. The van der Waals surface area contributed by atoms with Gasteiger partial charge in [0.25, 0.3) is 0 Å². The van der Waals surface area contributed by atoms with Crippen LogP contribution in [0.5, 0.6) is 0 Å². The third-order valence-electron chi connectivity index (χ3n) is 4.10. The molecule has 0 aromatic heterocycles. The van der Waals surface area contributed by atoms with E-state index in [1.807, 2.05) is 0 Å². The topological polar surface area (TPSA) is 15.3 Å². The molecule has 0 amide bonds. The van der Waals surface area contributed by atoms with Gasteiger partial charge in [0.2, 0.25) is 0 Å². The van der Waals surface area contributed by atoms with E-state index in [9.17, 15) is 0 Å². The van der Waals surface area contributed by atoms with Gasteiger partial charge in [0, 0.05) is 35.3 Å². The van der Waals surface area contributed by atoms with Gasteiger partial charge in [0.1, 0.15) is 0 Å². The maximum absolute atomic E-state index is 3.60. The predicted octanol–water partition coefficient (Wildman–Crippen LogP) is 4.72. The van der Waals surface area contributed by atoms with Crippen LogP contribution in [0.15, 0.2) is 22.7 Å². The van der Waals surface area contributed by atoms with Crippen molar-refractivity contribution < 1.29 is 0 Å². The van der Waals surface area contributed by atoms with Gasteiger partial charge in [-0.2, -0.15) is 0 Å². The average molecular weight is 339 g/mol. The molecule has 112 valence electrons. The molecular formula is C17H27BrN2. The molecule has 1 N–H and O–H groups in total. The lowest BCUT2D eigenvalue weighted by molar-refractivity contribution is 0.424. The normalized spacial score (nSPS) is 16.6. The Morgan fingerprint density at radius 2 is 1.90 bits per heavy atom. The Kier molecular flexibility index (Phi) is 5.14. The van der Waals surface area contributed by atoms with E-state index in [-0.39, 0.29) is 5.54 Å². The summed E-state index contributed by atoms with van der Waals surface area (Å²) in [7, 11) is 2.25. The molecule has 3 heteroatoms. The highest BCUT2D eigenvalue weighted by Crippen LogP contribution is 2.31. The Balaban J connectivity index is 2.18. The van der Waals surface area contributed by atoms with Crippen LogP contribution in [0.3, 0.4) is 0 Å². The summed E-state index contributed by atoms with van der Waals surface area (Å²) in [5, 5.41) is 3.60. The van der Waals surface area contributed by atoms with Crippen LogP contribution in [0.25, 0.3) is 0 Å². The Bertz CT molecular complexity index is 445. The van der Waals surface area contributed by atoms with Gasteiger partial charge in [-0.1, -0.05) is 28.8 Å². The molecule has 1 saturated carbocycles. The van der Waals surface area contributed by atoms with Gasteiger partial charge in [-0.3, -0.25) is 0 Å². The minimum Gasteiger partial charge on any atom is -0.371 e. The zero-order valence-electron chi connectivity index (χ0n) is 13.2. The quantitative estimate of drug-likeness (QED) is 0.854. The number of halogens is 1. The van der Waals surface area contributed by atoms with Gasteiger partial charge in [-0.05, 0) is 57.4 Å². The van der Waals surface area contributed by atoms with Crippen LogP contribution in [0.1, 0.15) is 52.0 Å². The lowest BCUT2D eigenvalue weighted by Gasteiger charge is -2.30. The van der Waals surface area contributed by atoms with E-state index < -0.39 is 0 Å². The molecule has 0 unspecified atom stereocenters. The molecule has 0 bridgehead atoms. The van der Waals surface area contributed by atoms with Crippen LogP contribution < -0.4 is 10.2 Å². The molecule has 0 spiro atoms. The molecule has 20 heavy (non-hydrogen) atoms. The lowest BCUT2D eigenvalue weighted by Crippen LogP contribution is -2.36. The molecule has 0 atom stereocenters. The van der Waals surface area contributed by atoms with Crippen LogP contribution in [-0.2, 0) is 6.54 Å². The maximum atomic E-state index is 3.60. The summed E-state index contributed by atoms with van der Waals surface area (Å²) in [6.45, 7) is 7.55. The molecule has 1 aromatic rings. The van der Waals surface area contributed by atoms with Crippen LogP contribution in [0, 0.1) is 0 Å². The SMILES string of the molecule is CN(c1ccc(Br)cc1CNC(C)(C)C)C1CCCC1. The monoisotopic (exact) mass is 338 g/mol. The van der Waals surface area contributed by atoms with Gasteiger partial charge in [-0.15, -0.1) is 0 Å². The van der Waals surface area contributed by atoms with E-state index in [0.717, 1.165) is 11.0 Å². The van der Waals surface area contributed by atoms with Crippen molar-refractivity contribution in [3.05, 3.63) is 28.2 Å². The largest absolute Gasteiger partial charge is 0.371 e. The van der Waals surface area contributed by atoms with Gasteiger partial charge < -0.3 is 10.2 Å². The first-order chi connectivity index (χ1) is 9.37. The van der Waals surface area contributed by atoms with E-state index in [1.54, 1.807) is 0 Å². The summed E-state index contributed by atoms with van der Waals surface area (Å²) in [4.78, 5) is 2.49. The molecule has 0 radical (unpaired) electrons. The molecular weight excluding hydrogens is 312 g/mol. The van der Waals surface area contributed by atoms with Crippen LogP contribution >= 0.6 is 15.9 Å². The third-order valence-corrected chi connectivity index (χ3v) is 4.60. The number of benzene rings is 1. The second-order valence-corrected chi connectivity index (χ2v) is 7.84. The van der Waals surface area contributed by atoms with Gasteiger partial charge in [0.05, 0.1) is 0 Å². The summed E-state index contributed by atoms with van der Waals surface area (Å²) in [5.41, 5.74) is 2.89. The van der Waals surface area contributed by atoms with Crippen LogP contribution in [0.4, 0.5) is 5.69 Å². The van der Waals surface area contributed by atoms with Crippen molar-refractivity contribution in [2.24, 2.45) is 0 Å². The summed E-state index contributed by atoms with van der Waals surface area (Å²) in [5.74, 6) is 0. The Morgan fingerprint density at radius 1 is 1.25 bits per heavy atom. The predicted molar refractivity (Wildman–Crippen MR) is 91.4 cm³/mol. The molecule has 0 heterocycles. The standard InChI is InChI=1S/C17H27BrN2/c1-17(2,3)19-12-13-11-14(18)9-10-16(13)20(4)15-7-5-6-8-15/h9-11,15,19H,5-8,12H2,1-4H3. The summed E-state index contributed by atoms with van der Waals surface area (Å²) in [6, 6.07) is 7.37. The third kappa shape index (κ3) is 4.23. The minimum absolute atomic E-state index is 0.144. The number of anilines is 1. The molecule has 2 rings (SSSR count). The first-order valence-corrected chi connectivity index (χ1v) is 8.42. The fraction of sp³-hybridized carbons (Fsp3) is 0.647. The molecule has 1 aliphatic carbocycles. The van der Waals surface area contributed by atoms with Gasteiger partial charge in [0.15, 0.2) is 0 Å². The first-order valence-electron chi connectivity index (χ1n) is 7.63. The highest BCUT2D eigenvalue weighted by molar-refractivity contribution is 9.10. The number of hydrogen-bond donors (Lipinski definition) is 1. The van der Waals surface area contributed by atoms with Crippen molar-refractivity contribution in [2.75, 3.05) is 11.9 Å². The van der Waals surface area contributed by atoms with Crippen LogP contribution in [0.2, 0.25) is 0 Å². The van der Waals surface area contributed by atoms with Crippen molar-refractivity contribution in [2.45, 2.75) is 64.6 Å². The first kappa shape index (κ1) is 15.8. The fourth-order valence-corrected chi connectivity index (χ4v) is 3.30. The van der Waals surface area contributed by atoms with E-state index in [0.29, 0.717) is 6.04 Å². The zero-order valence-corrected chi connectivity index (χ0v) is 14.8. The highest BCUT2D eigenvalue weighted by atomic mass is 79.9. The van der Waals surface area contributed by atoms with Gasteiger partial charge in [-0.25, -0.2) is 0 Å². The molecule has 1 fully saturated rings. The van der Waals surface area contributed by atoms with E-state index in [2.05, 4.69) is 72.2 Å². The second kappa shape index (κ2) is 6.48. The van der Waals surface area contributed by atoms with Gasteiger partial charge >= 0.3 is 0 Å². The molecule has 1 aliphatic rings. The van der Waals surface area contributed by atoms with E-state index in [4.69, 9.17) is 0 Å². The van der Waals surface area contributed by atoms with E-state index >= 15 is 0 Å². The molecule has 1 aromatic carbocycles. The molecule has 2 nitrogen and oxygen atoms in total. The lowest BCUT2D eigenvalue weighted by atomic mass is 10.1. The summed E-state index contributed by atoms with van der Waals surface area (Å²) < 4.78 is 1.16.